The summed E-state index contributed by atoms with van der Waals surface area (Å²) in [6.07, 6.45) is 0. The zero-order chi connectivity index (χ0) is 27.3. The maximum atomic E-state index is 6.15. The van der Waals surface area contributed by atoms with Crippen LogP contribution in [0.3, 0.4) is 0 Å². The van der Waals surface area contributed by atoms with Crippen molar-refractivity contribution in [1.82, 2.24) is 0 Å². The molecule has 6 aromatic rings. The molecule has 0 spiro atoms. The van der Waals surface area contributed by atoms with E-state index in [0.717, 1.165) is 54.9 Å². The molecule has 0 radical (unpaired) electrons. The zero-order valence-corrected chi connectivity index (χ0v) is 22.4. The molecule has 2 nitrogen and oxygen atoms in total. The fourth-order valence-corrected chi connectivity index (χ4v) is 5.09. The minimum atomic E-state index is 0.707. The lowest BCUT2D eigenvalue weighted by atomic mass is 9.88. The van der Waals surface area contributed by atoms with Gasteiger partial charge in [0.05, 0.1) is 25.3 Å². The van der Waals surface area contributed by atoms with Gasteiger partial charge in [-0.1, -0.05) is 109 Å². The molecule has 0 atom stereocenters. The maximum Gasteiger partial charge on any atom is 0.143 e. The van der Waals surface area contributed by atoms with Gasteiger partial charge in [-0.3, -0.25) is 0 Å². The van der Waals surface area contributed by atoms with Gasteiger partial charge in [-0.25, -0.2) is 0 Å². The molecule has 6 aromatic carbocycles. The number of hydrogen-bond acceptors (Lipinski definition) is 2. The predicted molar refractivity (Wildman–Crippen MR) is 165 cm³/mol. The Bertz CT molecular complexity index is 1820. The number of methoxy groups -OCH3 is 2. The highest BCUT2D eigenvalue weighted by molar-refractivity contribution is 6.11. The van der Waals surface area contributed by atoms with Gasteiger partial charge in [-0.2, -0.15) is 0 Å². The lowest BCUT2D eigenvalue weighted by molar-refractivity contribution is 0.410. The first-order valence-corrected chi connectivity index (χ1v) is 13.1. The Morgan fingerprint density at radius 3 is 1.20 bits per heavy atom. The van der Waals surface area contributed by atoms with Crippen LogP contribution in [0.15, 0.2) is 121 Å². The molecule has 2 heteroatoms. The van der Waals surface area contributed by atoms with Crippen molar-refractivity contribution >= 4 is 21.5 Å². The average Bonchev–Trinajstić information content (AvgIpc) is 3.02. The Kier molecular flexibility index (Phi) is 6.92. The van der Waals surface area contributed by atoms with E-state index in [1.165, 1.54) is 0 Å². The molecule has 0 unspecified atom stereocenters. The van der Waals surface area contributed by atoms with Crippen LogP contribution in [-0.4, -0.2) is 14.2 Å². The van der Waals surface area contributed by atoms with Gasteiger partial charge in [-0.05, 0) is 57.9 Å². The largest absolute Gasteiger partial charge is 0.495 e. The van der Waals surface area contributed by atoms with Crippen LogP contribution in [-0.2, 0) is 0 Å². The normalized spacial score (nSPS) is 10.3. The summed E-state index contributed by atoms with van der Waals surface area (Å²) >= 11 is 0. The van der Waals surface area contributed by atoms with Crippen molar-refractivity contribution in [2.45, 2.75) is 0 Å². The predicted octanol–water partition coefficient (Wildman–Crippen LogP) is 8.48. The average molecular weight is 515 g/mol. The Labute approximate surface area is 234 Å². The van der Waals surface area contributed by atoms with E-state index in [1.54, 1.807) is 14.2 Å². The summed E-state index contributed by atoms with van der Waals surface area (Å²) in [6, 6.07) is 40.8. The monoisotopic (exact) mass is 514 g/mol. The molecule has 0 aromatic heterocycles. The topological polar surface area (TPSA) is 18.5 Å². The van der Waals surface area contributed by atoms with Crippen molar-refractivity contribution in [3.8, 4) is 46.3 Å². The molecular weight excluding hydrogens is 488 g/mol. The first kappa shape index (κ1) is 24.9. The molecule has 0 bridgehead atoms. The van der Waals surface area contributed by atoms with Crippen molar-refractivity contribution in [1.29, 1.82) is 0 Å². The summed E-state index contributed by atoms with van der Waals surface area (Å²) in [6.45, 7) is 0. The van der Waals surface area contributed by atoms with Crippen molar-refractivity contribution in [2.24, 2.45) is 0 Å². The fraction of sp³-hybridized carbons (Fsp3) is 0.0526. The van der Waals surface area contributed by atoms with Gasteiger partial charge in [0.25, 0.3) is 0 Å². The summed E-state index contributed by atoms with van der Waals surface area (Å²) in [5, 5.41) is 4.26. The van der Waals surface area contributed by atoms with E-state index < -0.39 is 0 Å². The molecular formula is C38H26O2. The third-order valence-corrected chi connectivity index (χ3v) is 6.89. The van der Waals surface area contributed by atoms with Crippen molar-refractivity contribution < 1.29 is 9.47 Å². The maximum absolute atomic E-state index is 6.15. The van der Waals surface area contributed by atoms with Crippen molar-refractivity contribution in [3.63, 3.8) is 0 Å². The van der Waals surface area contributed by atoms with E-state index in [2.05, 4.69) is 60.1 Å². The van der Waals surface area contributed by atoms with E-state index in [0.29, 0.717) is 11.5 Å². The third-order valence-electron chi connectivity index (χ3n) is 6.89. The first-order valence-electron chi connectivity index (χ1n) is 13.1. The van der Waals surface area contributed by atoms with Crippen LogP contribution in [0, 0.1) is 23.7 Å². The SMILES string of the molecule is COc1c(C#Cc2ccccc2)cc2ccccc2c1-c1c(OC)c(C#Cc2ccccc2)cc2ccccc12. The standard InChI is InChI=1S/C38H26O2/c1-39-37-31(23-21-27-13-5-3-6-14-27)25-29-17-9-11-19-33(29)35(37)36-34-20-12-10-18-30(34)26-32(38(36)40-2)24-22-28-15-7-4-8-16-28/h3-20,25-26H,1-2H3. The number of hydrogen-bond donors (Lipinski definition) is 0. The Hall–Kier alpha value is -5.44. The zero-order valence-electron chi connectivity index (χ0n) is 22.4. The highest BCUT2D eigenvalue weighted by Crippen LogP contribution is 2.48. The molecule has 0 amide bonds. The highest BCUT2D eigenvalue weighted by atomic mass is 16.5. The minimum Gasteiger partial charge on any atom is -0.495 e. The Balaban J connectivity index is 1.69. The molecule has 0 saturated carbocycles. The molecule has 6 rings (SSSR count). The summed E-state index contributed by atoms with van der Waals surface area (Å²) in [5.41, 5.74) is 5.39. The molecule has 0 aliphatic rings. The summed E-state index contributed by atoms with van der Waals surface area (Å²) in [5.74, 6) is 14.8. The molecule has 0 aliphatic heterocycles. The Morgan fingerprint density at radius 1 is 0.425 bits per heavy atom. The van der Waals surface area contributed by atoms with Crippen molar-refractivity contribution in [3.05, 3.63) is 144 Å². The Morgan fingerprint density at radius 2 is 0.800 bits per heavy atom. The number of ether oxygens (including phenoxy) is 2. The number of fused-ring (bicyclic) bond motifs is 2. The number of rotatable bonds is 3. The van der Waals surface area contributed by atoms with Gasteiger partial charge in [0, 0.05) is 22.3 Å². The van der Waals surface area contributed by atoms with Crippen LogP contribution in [0.4, 0.5) is 0 Å². The van der Waals surface area contributed by atoms with E-state index in [9.17, 15) is 0 Å². The van der Waals surface area contributed by atoms with Crippen LogP contribution < -0.4 is 9.47 Å². The lowest BCUT2D eigenvalue weighted by Gasteiger charge is -2.20. The summed E-state index contributed by atoms with van der Waals surface area (Å²) < 4.78 is 12.3. The van der Waals surface area contributed by atoms with Crippen LogP contribution in [0.2, 0.25) is 0 Å². The molecule has 0 N–H and O–H groups in total. The molecule has 190 valence electrons. The van der Waals surface area contributed by atoms with Gasteiger partial charge >= 0.3 is 0 Å². The van der Waals surface area contributed by atoms with Gasteiger partial charge < -0.3 is 9.47 Å². The first-order chi connectivity index (χ1) is 19.8. The van der Waals surface area contributed by atoms with Crippen LogP contribution in [0.5, 0.6) is 11.5 Å². The second-order valence-corrected chi connectivity index (χ2v) is 9.34. The minimum absolute atomic E-state index is 0.707. The molecule has 40 heavy (non-hydrogen) atoms. The van der Waals surface area contributed by atoms with Gasteiger partial charge in [0.1, 0.15) is 11.5 Å². The van der Waals surface area contributed by atoms with Gasteiger partial charge in [0.2, 0.25) is 0 Å². The van der Waals surface area contributed by atoms with Gasteiger partial charge in [-0.15, -0.1) is 0 Å². The van der Waals surface area contributed by atoms with Crippen LogP contribution >= 0.6 is 0 Å². The van der Waals surface area contributed by atoms with E-state index >= 15 is 0 Å². The third kappa shape index (κ3) is 4.76. The van der Waals surface area contributed by atoms with Crippen molar-refractivity contribution in [2.75, 3.05) is 14.2 Å². The summed E-state index contributed by atoms with van der Waals surface area (Å²) in [7, 11) is 3.41. The molecule has 0 aliphatic carbocycles. The van der Waals surface area contributed by atoms with E-state index in [4.69, 9.17) is 9.47 Å². The quantitative estimate of drug-likeness (QED) is 0.221. The lowest BCUT2D eigenvalue weighted by Crippen LogP contribution is -1.99. The summed E-state index contributed by atoms with van der Waals surface area (Å²) in [4.78, 5) is 0. The molecule has 0 saturated heterocycles. The van der Waals surface area contributed by atoms with Crippen LogP contribution in [0.25, 0.3) is 32.7 Å². The molecule has 0 fully saturated rings. The molecule has 0 heterocycles. The van der Waals surface area contributed by atoms with Gasteiger partial charge in [0.15, 0.2) is 0 Å². The second kappa shape index (κ2) is 11.1. The number of benzene rings is 6. The highest BCUT2D eigenvalue weighted by Gasteiger charge is 2.23. The van der Waals surface area contributed by atoms with Crippen LogP contribution in [0.1, 0.15) is 22.3 Å². The van der Waals surface area contributed by atoms with E-state index in [1.807, 2.05) is 84.9 Å². The fourth-order valence-electron chi connectivity index (χ4n) is 5.09. The smallest absolute Gasteiger partial charge is 0.143 e. The van der Waals surface area contributed by atoms with E-state index in [-0.39, 0.29) is 0 Å². The second-order valence-electron chi connectivity index (χ2n) is 9.34.